The molecular formula is C17H32N2. The summed E-state index contributed by atoms with van der Waals surface area (Å²) in [5, 5.41) is 3.84. The second-order valence-electron chi connectivity index (χ2n) is 7.51. The van der Waals surface area contributed by atoms with Gasteiger partial charge in [-0.3, -0.25) is 0 Å². The molecule has 1 saturated heterocycles. The molecule has 0 aromatic rings. The molecule has 3 aliphatic rings. The average Bonchev–Trinajstić information content (AvgIpc) is 3.17. The van der Waals surface area contributed by atoms with Gasteiger partial charge < -0.3 is 10.2 Å². The summed E-state index contributed by atoms with van der Waals surface area (Å²) in [6.45, 7) is 7.78. The van der Waals surface area contributed by atoms with Crippen molar-refractivity contribution in [1.82, 2.24) is 10.2 Å². The minimum absolute atomic E-state index is 0.615. The third-order valence-electron chi connectivity index (χ3n) is 5.76. The van der Waals surface area contributed by atoms with Crippen LogP contribution in [0.3, 0.4) is 0 Å². The van der Waals surface area contributed by atoms with E-state index in [1.807, 2.05) is 0 Å². The second-order valence-corrected chi connectivity index (χ2v) is 7.51. The fraction of sp³-hybridized carbons (Fsp3) is 1.00. The van der Waals surface area contributed by atoms with Gasteiger partial charge >= 0.3 is 0 Å². The fourth-order valence-corrected chi connectivity index (χ4v) is 4.20. The minimum atomic E-state index is 0.615. The highest BCUT2D eigenvalue weighted by Gasteiger charge is 2.37. The van der Waals surface area contributed by atoms with Crippen molar-refractivity contribution in [2.24, 2.45) is 11.3 Å². The maximum atomic E-state index is 3.84. The van der Waals surface area contributed by atoms with E-state index < -0.39 is 0 Å². The Morgan fingerprint density at radius 3 is 2.53 bits per heavy atom. The van der Waals surface area contributed by atoms with E-state index >= 15 is 0 Å². The number of nitrogens with zero attached hydrogens (tertiary/aromatic N) is 1. The molecule has 3 fully saturated rings. The van der Waals surface area contributed by atoms with Crippen LogP contribution >= 0.6 is 0 Å². The summed E-state index contributed by atoms with van der Waals surface area (Å²) in [6.07, 6.45) is 13.0. The van der Waals surface area contributed by atoms with Crippen LogP contribution in [-0.2, 0) is 0 Å². The van der Waals surface area contributed by atoms with Crippen molar-refractivity contribution in [3.63, 3.8) is 0 Å². The van der Waals surface area contributed by atoms with E-state index in [0.717, 1.165) is 12.0 Å². The summed E-state index contributed by atoms with van der Waals surface area (Å²) in [4.78, 5) is 2.79. The molecule has 3 rings (SSSR count). The molecule has 2 nitrogen and oxygen atoms in total. The van der Waals surface area contributed by atoms with Gasteiger partial charge in [-0.2, -0.15) is 0 Å². The van der Waals surface area contributed by atoms with Crippen molar-refractivity contribution in [3.05, 3.63) is 0 Å². The molecule has 0 radical (unpaired) electrons. The van der Waals surface area contributed by atoms with E-state index in [-0.39, 0.29) is 0 Å². The first-order valence-electron chi connectivity index (χ1n) is 8.75. The molecule has 110 valence electrons. The summed E-state index contributed by atoms with van der Waals surface area (Å²) >= 11 is 0. The van der Waals surface area contributed by atoms with E-state index in [0.29, 0.717) is 5.41 Å². The highest BCUT2D eigenvalue weighted by Crippen LogP contribution is 2.38. The molecule has 1 aliphatic heterocycles. The summed E-state index contributed by atoms with van der Waals surface area (Å²) in [5.74, 6) is 0.983. The van der Waals surface area contributed by atoms with E-state index in [4.69, 9.17) is 0 Å². The quantitative estimate of drug-likeness (QED) is 0.791. The van der Waals surface area contributed by atoms with Crippen molar-refractivity contribution in [2.75, 3.05) is 26.2 Å². The zero-order valence-corrected chi connectivity index (χ0v) is 12.8. The predicted octanol–water partition coefficient (Wildman–Crippen LogP) is 3.42. The van der Waals surface area contributed by atoms with E-state index in [1.165, 1.54) is 84.0 Å². The van der Waals surface area contributed by atoms with E-state index in [2.05, 4.69) is 17.1 Å². The minimum Gasteiger partial charge on any atom is -0.313 e. The first kappa shape index (κ1) is 13.9. The lowest BCUT2D eigenvalue weighted by molar-refractivity contribution is 0.114. The molecule has 0 amide bonds. The molecule has 2 heteroatoms. The molecule has 2 aliphatic carbocycles. The van der Waals surface area contributed by atoms with Crippen LogP contribution in [0.4, 0.5) is 0 Å². The van der Waals surface area contributed by atoms with Gasteiger partial charge in [0.15, 0.2) is 0 Å². The van der Waals surface area contributed by atoms with Crippen LogP contribution in [0.2, 0.25) is 0 Å². The Bertz CT molecular complexity index is 279. The van der Waals surface area contributed by atoms with Crippen molar-refractivity contribution >= 4 is 0 Å². The van der Waals surface area contributed by atoms with Crippen molar-refractivity contribution in [1.29, 1.82) is 0 Å². The molecule has 0 spiro atoms. The Kier molecular flexibility index (Phi) is 4.48. The van der Waals surface area contributed by atoms with Gasteiger partial charge in [-0.05, 0) is 50.0 Å². The summed E-state index contributed by atoms with van der Waals surface area (Å²) in [6, 6.07) is 0.876. The monoisotopic (exact) mass is 264 g/mol. The Balaban J connectivity index is 1.54. The van der Waals surface area contributed by atoms with Gasteiger partial charge in [0.1, 0.15) is 0 Å². The highest BCUT2D eigenvalue weighted by molar-refractivity contribution is 4.92. The van der Waals surface area contributed by atoms with Crippen LogP contribution in [-0.4, -0.2) is 37.1 Å². The first-order chi connectivity index (χ1) is 9.30. The molecule has 19 heavy (non-hydrogen) atoms. The number of nitrogens with one attached hydrogen (secondary N) is 1. The Morgan fingerprint density at radius 2 is 1.89 bits per heavy atom. The lowest BCUT2D eigenvalue weighted by Gasteiger charge is -2.40. The van der Waals surface area contributed by atoms with Crippen molar-refractivity contribution in [3.8, 4) is 0 Å². The van der Waals surface area contributed by atoms with Crippen LogP contribution in [0.5, 0.6) is 0 Å². The predicted molar refractivity (Wildman–Crippen MR) is 81.4 cm³/mol. The van der Waals surface area contributed by atoms with Gasteiger partial charge in [-0.25, -0.2) is 0 Å². The lowest BCUT2D eigenvalue weighted by Crippen LogP contribution is -2.45. The number of hydrogen-bond acceptors (Lipinski definition) is 2. The maximum absolute atomic E-state index is 3.84. The van der Waals surface area contributed by atoms with Gasteiger partial charge in [-0.15, -0.1) is 0 Å². The van der Waals surface area contributed by atoms with Crippen LogP contribution in [0.1, 0.15) is 64.7 Å². The Labute approximate surface area is 119 Å². The van der Waals surface area contributed by atoms with Crippen LogP contribution in [0.15, 0.2) is 0 Å². The largest absolute Gasteiger partial charge is 0.313 e. The fourth-order valence-electron chi connectivity index (χ4n) is 4.20. The first-order valence-corrected chi connectivity index (χ1v) is 8.75. The molecule has 0 aromatic heterocycles. The SMILES string of the molecule is CCC1CCN(CC2(CNC3CC3)CCCCC2)C1. The topological polar surface area (TPSA) is 15.3 Å². The molecule has 0 bridgehead atoms. The molecule has 1 N–H and O–H groups in total. The van der Waals surface area contributed by atoms with Gasteiger partial charge in [0.25, 0.3) is 0 Å². The average molecular weight is 264 g/mol. The van der Waals surface area contributed by atoms with Gasteiger partial charge in [0, 0.05) is 25.7 Å². The Hall–Kier alpha value is -0.0800. The summed E-state index contributed by atoms with van der Waals surface area (Å²) < 4.78 is 0. The molecule has 1 atom stereocenters. The normalized spacial score (nSPS) is 31.7. The molecule has 1 heterocycles. The maximum Gasteiger partial charge on any atom is 0.00684 e. The molecule has 1 unspecified atom stereocenters. The van der Waals surface area contributed by atoms with Crippen molar-refractivity contribution < 1.29 is 0 Å². The third-order valence-corrected chi connectivity index (χ3v) is 5.76. The highest BCUT2D eigenvalue weighted by atomic mass is 15.2. The van der Waals surface area contributed by atoms with Crippen LogP contribution in [0.25, 0.3) is 0 Å². The summed E-state index contributed by atoms with van der Waals surface area (Å²) in [7, 11) is 0. The summed E-state index contributed by atoms with van der Waals surface area (Å²) in [5.41, 5.74) is 0.615. The smallest absolute Gasteiger partial charge is 0.00684 e. The van der Waals surface area contributed by atoms with E-state index in [1.54, 1.807) is 0 Å². The molecular weight excluding hydrogens is 232 g/mol. The molecule has 0 aromatic carbocycles. The zero-order chi connectivity index (χ0) is 13.1. The lowest BCUT2D eigenvalue weighted by atomic mass is 9.73. The van der Waals surface area contributed by atoms with Crippen LogP contribution < -0.4 is 5.32 Å². The van der Waals surface area contributed by atoms with Crippen molar-refractivity contribution in [2.45, 2.75) is 70.8 Å². The number of hydrogen-bond donors (Lipinski definition) is 1. The van der Waals surface area contributed by atoms with Crippen LogP contribution in [0, 0.1) is 11.3 Å². The zero-order valence-electron chi connectivity index (χ0n) is 12.8. The standard InChI is InChI=1S/C17H32N2/c1-2-15-8-11-19(12-15)14-17(9-4-3-5-10-17)13-18-16-6-7-16/h15-16,18H,2-14H2,1H3. The van der Waals surface area contributed by atoms with E-state index in [9.17, 15) is 0 Å². The number of likely N-dealkylation sites (tertiary alicyclic amines) is 1. The molecule has 2 saturated carbocycles. The van der Waals surface area contributed by atoms with Gasteiger partial charge in [0.2, 0.25) is 0 Å². The van der Waals surface area contributed by atoms with Gasteiger partial charge in [-0.1, -0.05) is 32.6 Å². The number of rotatable bonds is 6. The Morgan fingerprint density at radius 1 is 1.11 bits per heavy atom. The third kappa shape index (κ3) is 3.72. The van der Waals surface area contributed by atoms with Gasteiger partial charge in [0.05, 0.1) is 0 Å². The second kappa shape index (κ2) is 6.13.